The van der Waals surface area contributed by atoms with E-state index in [2.05, 4.69) is 13.2 Å². The minimum absolute atomic E-state index is 0.0536. The molecule has 4 aromatic carbocycles. The fraction of sp³-hybridized carbons (Fsp3) is 0.294. The number of nitrogens with zero attached hydrogens (tertiary/aromatic N) is 1. The van der Waals surface area contributed by atoms with Gasteiger partial charge >= 0.3 is 35.8 Å². The number of imide groups is 1. The lowest BCUT2D eigenvalue weighted by Crippen LogP contribution is -2.37. The van der Waals surface area contributed by atoms with Gasteiger partial charge in [0.2, 0.25) is 12.2 Å². The summed E-state index contributed by atoms with van der Waals surface area (Å²) in [5.74, 6) is -4.73. The summed E-state index contributed by atoms with van der Waals surface area (Å²) in [6, 6.07) is 23.3. The van der Waals surface area contributed by atoms with Gasteiger partial charge in [-0.25, -0.2) is 28.8 Å². The molecule has 5 rings (SSSR count). The van der Waals surface area contributed by atoms with Crippen molar-refractivity contribution < 1.29 is 76.3 Å². The van der Waals surface area contributed by atoms with E-state index in [1.807, 2.05) is 0 Å². The number of esters is 6. The van der Waals surface area contributed by atoms with Crippen LogP contribution in [-0.2, 0) is 38.1 Å². The number of hydrogen-bond donors (Lipinski definition) is 0. The number of likely N-dealkylation sites (N-methyl/N-ethyl adjacent to an activating group) is 1. The predicted molar refractivity (Wildman–Crippen MR) is 242 cm³/mol. The molecular weight excluding hydrogens is 883 g/mol. The predicted octanol–water partition coefficient (Wildman–Crippen LogP) is 7.21. The van der Waals surface area contributed by atoms with Gasteiger partial charge in [-0.15, -0.1) is 0 Å². The van der Waals surface area contributed by atoms with Crippen molar-refractivity contribution in [2.45, 2.75) is 63.6 Å². The number of ether oxygens (including phenoxy) is 8. The van der Waals surface area contributed by atoms with Crippen LogP contribution in [0, 0.1) is 0 Å². The summed E-state index contributed by atoms with van der Waals surface area (Å²) < 4.78 is 43.0. The van der Waals surface area contributed by atoms with Gasteiger partial charge in [-0.2, -0.15) is 0 Å². The minimum Gasteiger partial charge on any atom is -0.494 e. The molecule has 0 bridgehead atoms. The number of likely N-dealkylation sites (tertiary alicyclic amines) is 1. The summed E-state index contributed by atoms with van der Waals surface area (Å²) in [7, 11) is 1.16. The van der Waals surface area contributed by atoms with E-state index in [9.17, 15) is 38.4 Å². The SMILES string of the molecule is C=CC(=O)OCCCCCCOc1ccc(C(=O)Oc2ccc(C(=O)OC3C(=O)N(C)C(=O)[C@@H]3OC(=O)c3ccc(OC(=O)c4ccc(OCCCCCCOC(=O)C=C)cc4)cc3)cc2)cc1. The number of benzene rings is 4. The summed E-state index contributed by atoms with van der Waals surface area (Å²) >= 11 is 0. The molecule has 68 heavy (non-hydrogen) atoms. The summed E-state index contributed by atoms with van der Waals surface area (Å²) in [4.78, 5) is 101. The molecule has 356 valence electrons. The van der Waals surface area contributed by atoms with Crippen LogP contribution in [0.2, 0.25) is 0 Å². The lowest BCUT2D eigenvalue weighted by atomic mass is 10.2. The van der Waals surface area contributed by atoms with Crippen molar-refractivity contribution in [1.82, 2.24) is 4.90 Å². The standard InChI is InChI=1S/C51H51NO16/c1-4-42(53)63-32-12-8-6-10-30-61-38-22-14-34(15-23-38)48(57)65-40-26-18-36(19-27-40)50(59)67-44-45(47(56)52(3)46(44)55)68-51(60)37-20-28-41(29-21-37)66-49(58)35-16-24-39(25-17-35)62-31-11-7-9-13-33-64-43(54)5-2/h4-5,14-29,44-45H,1-2,6-13,30-33H2,3H3/t44-,45?/m1/s1. The lowest BCUT2D eigenvalue weighted by molar-refractivity contribution is -0.140. The largest absolute Gasteiger partial charge is 0.494 e. The topological polar surface area (TPSA) is 214 Å². The minimum atomic E-state index is -1.79. The average Bonchev–Trinajstić information content (AvgIpc) is 3.54. The van der Waals surface area contributed by atoms with E-state index in [-0.39, 0.29) is 33.8 Å². The van der Waals surface area contributed by atoms with E-state index in [4.69, 9.17) is 37.9 Å². The zero-order valence-electron chi connectivity index (χ0n) is 37.4. The summed E-state index contributed by atoms with van der Waals surface area (Å²) in [5, 5.41) is 0. The van der Waals surface area contributed by atoms with Crippen molar-refractivity contribution in [1.29, 1.82) is 0 Å². The molecule has 4 aromatic rings. The van der Waals surface area contributed by atoms with Gasteiger partial charge in [-0.1, -0.05) is 13.2 Å². The Morgan fingerprint density at radius 1 is 0.441 bits per heavy atom. The van der Waals surface area contributed by atoms with Gasteiger partial charge in [0, 0.05) is 19.2 Å². The molecule has 0 aliphatic carbocycles. The molecular formula is C51H51NO16. The van der Waals surface area contributed by atoms with Crippen LogP contribution in [0.1, 0.15) is 92.8 Å². The third-order valence-electron chi connectivity index (χ3n) is 10.1. The van der Waals surface area contributed by atoms with Crippen LogP contribution in [0.4, 0.5) is 0 Å². The van der Waals surface area contributed by atoms with Crippen molar-refractivity contribution in [3.8, 4) is 23.0 Å². The zero-order chi connectivity index (χ0) is 48.8. The molecule has 2 amide bonds. The van der Waals surface area contributed by atoms with Crippen LogP contribution in [0.5, 0.6) is 23.0 Å². The number of rotatable bonds is 26. The molecule has 0 N–H and O–H groups in total. The Morgan fingerprint density at radius 3 is 1.06 bits per heavy atom. The number of unbranched alkanes of at least 4 members (excludes halogenated alkanes) is 6. The molecule has 17 heteroatoms. The summed E-state index contributed by atoms with van der Waals surface area (Å²) in [6.45, 7) is 8.33. The molecule has 1 aliphatic heterocycles. The Morgan fingerprint density at radius 2 is 0.735 bits per heavy atom. The molecule has 1 unspecified atom stereocenters. The molecule has 2 atom stereocenters. The van der Waals surface area contributed by atoms with E-state index in [1.54, 1.807) is 48.5 Å². The third-order valence-corrected chi connectivity index (χ3v) is 10.1. The molecule has 1 heterocycles. The monoisotopic (exact) mass is 933 g/mol. The number of carbonyl (C=O) groups is 8. The van der Waals surface area contributed by atoms with Gasteiger partial charge in [0.1, 0.15) is 23.0 Å². The van der Waals surface area contributed by atoms with E-state index in [1.165, 1.54) is 48.5 Å². The van der Waals surface area contributed by atoms with Crippen molar-refractivity contribution in [3.05, 3.63) is 145 Å². The number of amides is 2. The Labute approximate surface area is 392 Å². The molecule has 1 fully saturated rings. The van der Waals surface area contributed by atoms with Crippen LogP contribution in [0.15, 0.2) is 122 Å². The highest BCUT2D eigenvalue weighted by Gasteiger charge is 2.51. The first kappa shape index (κ1) is 50.9. The number of carbonyl (C=O) groups excluding carboxylic acids is 8. The highest BCUT2D eigenvalue weighted by atomic mass is 16.6. The normalized spacial score (nSPS) is 14.0. The first-order chi connectivity index (χ1) is 32.9. The van der Waals surface area contributed by atoms with Crippen molar-refractivity contribution >= 4 is 47.6 Å². The Balaban J connectivity index is 1.04. The van der Waals surface area contributed by atoms with Crippen molar-refractivity contribution in [2.75, 3.05) is 33.5 Å². The van der Waals surface area contributed by atoms with Crippen LogP contribution in [0.25, 0.3) is 0 Å². The average molecular weight is 934 g/mol. The van der Waals surface area contributed by atoms with Crippen molar-refractivity contribution in [2.24, 2.45) is 0 Å². The van der Waals surface area contributed by atoms with Gasteiger partial charge < -0.3 is 37.9 Å². The highest BCUT2D eigenvalue weighted by molar-refractivity contribution is 6.10. The van der Waals surface area contributed by atoms with Gasteiger partial charge in [0.05, 0.1) is 48.7 Å². The maximum Gasteiger partial charge on any atom is 0.343 e. The smallest absolute Gasteiger partial charge is 0.343 e. The molecule has 0 aromatic heterocycles. The van der Waals surface area contributed by atoms with Gasteiger partial charge in [-0.3, -0.25) is 14.5 Å². The summed E-state index contributed by atoms with van der Waals surface area (Å²) in [5.41, 5.74) is 0.386. The number of hydrogen-bond acceptors (Lipinski definition) is 16. The second-order valence-corrected chi connectivity index (χ2v) is 15.0. The maximum atomic E-state index is 13.1. The van der Waals surface area contributed by atoms with E-state index in [0.29, 0.717) is 42.8 Å². The molecule has 0 spiro atoms. The second-order valence-electron chi connectivity index (χ2n) is 15.0. The maximum absolute atomic E-state index is 13.1. The fourth-order valence-electron chi connectivity index (χ4n) is 6.32. The Bertz CT molecular complexity index is 2240. The molecule has 1 saturated heterocycles. The third kappa shape index (κ3) is 15.5. The van der Waals surface area contributed by atoms with Crippen LogP contribution >= 0.6 is 0 Å². The Kier molecular flexibility index (Phi) is 19.6. The van der Waals surface area contributed by atoms with Gasteiger partial charge in [0.25, 0.3) is 11.8 Å². The highest BCUT2D eigenvalue weighted by Crippen LogP contribution is 2.24. The van der Waals surface area contributed by atoms with E-state index in [0.717, 1.165) is 70.6 Å². The van der Waals surface area contributed by atoms with Crippen LogP contribution < -0.4 is 18.9 Å². The lowest BCUT2D eigenvalue weighted by Gasteiger charge is -2.17. The van der Waals surface area contributed by atoms with Gasteiger partial charge in [-0.05, 0) is 148 Å². The van der Waals surface area contributed by atoms with Crippen LogP contribution in [0.3, 0.4) is 0 Å². The van der Waals surface area contributed by atoms with E-state index >= 15 is 0 Å². The molecule has 0 saturated carbocycles. The summed E-state index contributed by atoms with van der Waals surface area (Å²) in [6.07, 6.45) is 5.27. The quantitative estimate of drug-likeness (QED) is 0.0152. The molecule has 0 radical (unpaired) electrons. The fourth-order valence-corrected chi connectivity index (χ4v) is 6.32. The van der Waals surface area contributed by atoms with E-state index < -0.39 is 59.8 Å². The van der Waals surface area contributed by atoms with Crippen LogP contribution in [-0.4, -0.2) is 98.2 Å². The zero-order valence-corrected chi connectivity index (χ0v) is 37.4. The van der Waals surface area contributed by atoms with Gasteiger partial charge in [0.15, 0.2) is 0 Å². The first-order valence-corrected chi connectivity index (χ1v) is 21.8. The molecule has 17 nitrogen and oxygen atoms in total. The van der Waals surface area contributed by atoms with Crippen molar-refractivity contribution in [3.63, 3.8) is 0 Å². The second kappa shape index (κ2) is 26.2. The Hall–Kier alpha value is -8.08. The first-order valence-electron chi connectivity index (χ1n) is 21.8. The molecule has 1 aliphatic rings.